The molecular formula is C27H40N4O3. The molecule has 1 aromatic carbocycles. The van der Waals surface area contributed by atoms with Crippen molar-refractivity contribution in [1.82, 2.24) is 20.0 Å². The molecule has 1 saturated carbocycles. The van der Waals surface area contributed by atoms with Crippen LogP contribution in [0.5, 0.6) is 0 Å². The first-order chi connectivity index (χ1) is 16.2. The van der Waals surface area contributed by atoms with Gasteiger partial charge in [0.2, 0.25) is 5.91 Å². The van der Waals surface area contributed by atoms with Gasteiger partial charge in [-0.1, -0.05) is 57.5 Å². The number of hydrogen-bond acceptors (Lipinski definition) is 4. The minimum atomic E-state index is -0.812. The summed E-state index contributed by atoms with van der Waals surface area (Å²) in [7, 11) is 0. The first kappa shape index (κ1) is 24.7. The van der Waals surface area contributed by atoms with Crippen molar-refractivity contribution < 1.29 is 14.4 Å². The number of carbonyl (C=O) groups is 3. The molecule has 7 nitrogen and oxygen atoms in total. The third kappa shape index (κ3) is 5.14. The highest BCUT2D eigenvalue weighted by Gasteiger charge is 2.54. The summed E-state index contributed by atoms with van der Waals surface area (Å²) in [5, 5.41) is 2.97. The van der Waals surface area contributed by atoms with Gasteiger partial charge in [-0.05, 0) is 49.0 Å². The number of rotatable bonds is 7. The number of nitrogens with one attached hydrogen (secondary N) is 1. The fourth-order valence-corrected chi connectivity index (χ4v) is 5.73. The van der Waals surface area contributed by atoms with Crippen molar-refractivity contribution in [2.75, 3.05) is 39.3 Å². The summed E-state index contributed by atoms with van der Waals surface area (Å²) in [6, 6.07) is 10.0. The van der Waals surface area contributed by atoms with Gasteiger partial charge in [0.15, 0.2) is 0 Å². The molecule has 186 valence electrons. The zero-order valence-corrected chi connectivity index (χ0v) is 21.0. The summed E-state index contributed by atoms with van der Waals surface area (Å²) >= 11 is 0. The minimum Gasteiger partial charge on any atom is -0.339 e. The molecule has 0 bridgehead atoms. The van der Waals surface area contributed by atoms with Crippen LogP contribution in [0, 0.1) is 11.3 Å². The molecule has 7 heteroatoms. The second-order valence-corrected chi connectivity index (χ2v) is 11.0. The molecule has 0 atom stereocenters. The van der Waals surface area contributed by atoms with E-state index in [2.05, 4.69) is 55.3 Å². The Hall–Kier alpha value is -2.41. The maximum Gasteiger partial charge on any atom is 0.325 e. The molecule has 1 spiro atoms. The number of amides is 4. The first-order valence-electron chi connectivity index (χ1n) is 12.9. The number of benzene rings is 1. The molecule has 4 amide bonds. The summed E-state index contributed by atoms with van der Waals surface area (Å²) in [6.45, 7) is 10.5. The molecule has 3 fully saturated rings. The minimum absolute atomic E-state index is 0.135. The molecule has 2 saturated heterocycles. The lowest BCUT2D eigenvalue weighted by molar-refractivity contribution is -0.140. The fraction of sp³-hybridized carbons (Fsp3) is 0.667. The van der Waals surface area contributed by atoms with E-state index < -0.39 is 11.6 Å². The molecule has 34 heavy (non-hydrogen) atoms. The van der Waals surface area contributed by atoms with Crippen molar-refractivity contribution in [2.45, 2.75) is 64.8 Å². The van der Waals surface area contributed by atoms with Crippen LogP contribution in [0.1, 0.15) is 58.4 Å². The van der Waals surface area contributed by atoms with Gasteiger partial charge in [-0.3, -0.25) is 19.4 Å². The van der Waals surface area contributed by atoms with E-state index in [1.165, 1.54) is 5.56 Å². The van der Waals surface area contributed by atoms with Crippen LogP contribution < -0.4 is 5.32 Å². The van der Waals surface area contributed by atoms with Crippen molar-refractivity contribution in [1.29, 1.82) is 0 Å². The summed E-state index contributed by atoms with van der Waals surface area (Å²) < 4.78 is 0. The molecule has 0 radical (unpaired) electrons. The maximum atomic E-state index is 13.3. The molecule has 1 aliphatic carbocycles. The second kappa shape index (κ2) is 10.1. The van der Waals surface area contributed by atoms with E-state index in [0.29, 0.717) is 31.8 Å². The Morgan fingerprint density at radius 2 is 1.71 bits per heavy atom. The Morgan fingerprint density at radius 1 is 1.06 bits per heavy atom. The van der Waals surface area contributed by atoms with Crippen molar-refractivity contribution in [3.63, 3.8) is 0 Å². The van der Waals surface area contributed by atoms with Crippen LogP contribution >= 0.6 is 0 Å². The summed E-state index contributed by atoms with van der Waals surface area (Å²) in [4.78, 5) is 44.3. The smallest absolute Gasteiger partial charge is 0.325 e. The predicted octanol–water partition coefficient (Wildman–Crippen LogP) is 3.29. The van der Waals surface area contributed by atoms with Crippen molar-refractivity contribution >= 4 is 17.8 Å². The van der Waals surface area contributed by atoms with Crippen molar-refractivity contribution in [3.05, 3.63) is 35.9 Å². The van der Waals surface area contributed by atoms with Gasteiger partial charge in [-0.25, -0.2) is 4.79 Å². The van der Waals surface area contributed by atoms with Crippen LogP contribution in [0.3, 0.4) is 0 Å². The van der Waals surface area contributed by atoms with Gasteiger partial charge in [-0.15, -0.1) is 0 Å². The Balaban J connectivity index is 1.26. The number of carbonyl (C=O) groups excluding carboxylic acids is 3. The van der Waals surface area contributed by atoms with Crippen molar-refractivity contribution in [3.8, 4) is 0 Å². The normalized spacial score (nSPS) is 26.3. The zero-order chi connectivity index (χ0) is 24.3. The lowest BCUT2D eigenvalue weighted by Crippen LogP contribution is -2.53. The highest BCUT2D eigenvalue weighted by molar-refractivity contribution is 6.09. The van der Waals surface area contributed by atoms with E-state index in [0.717, 1.165) is 50.2 Å². The highest BCUT2D eigenvalue weighted by Crippen LogP contribution is 2.45. The number of piperazine rings is 1. The lowest BCUT2D eigenvalue weighted by Gasteiger charge is -2.42. The van der Waals surface area contributed by atoms with E-state index >= 15 is 0 Å². The molecule has 1 N–H and O–H groups in total. The zero-order valence-electron chi connectivity index (χ0n) is 21.0. The van der Waals surface area contributed by atoms with Crippen LogP contribution in [0.2, 0.25) is 0 Å². The number of nitrogens with zero attached hydrogens (tertiary/aromatic N) is 3. The SMILES string of the molecule is CCC(C)(C)C1CCC2(CC1)NC(=O)N(CC(=O)N1CCN(CCc3ccccc3)CC1)C2=O. The molecule has 2 aliphatic heterocycles. The van der Waals surface area contributed by atoms with Crippen LogP contribution in [0.4, 0.5) is 4.79 Å². The monoisotopic (exact) mass is 468 g/mol. The largest absolute Gasteiger partial charge is 0.339 e. The average Bonchev–Trinajstić information content (AvgIpc) is 3.07. The highest BCUT2D eigenvalue weighted by atomic mass is 16.2. The molecule has 2 heterocycles. The number of hydrogen-bond donors (Lipinski definition) is 1. The van der Waals surface area contributed by atoms with Crippen LogP contribution in [-0.2, 0) is 16.0 Å². The summed E-state index contributed by atoms with van der Waals surface area (Å²) in [5.74, 6) is 0.214. The second-order valence-electron chi connectivity index (χ2n) is 11.0. The average molecular weight is 469 g/mol. The van der Waals surface area contributed by atoms with E-state index in [4.69, 9.17) is 0 Å². The Labute approximate surface area is 203 Å². The van der Waals surface area contributed by atoms with Crippen LogP contribution in [0.15, 0.2) is 30.3 Å². The lowest BCUT2D eigenvalue weighted by atomic mass is 9.65. The molecular weight excluding hydrogens is 428 g/mol. The summed E-state index contributed by atoms with van der Waals surface area (Å²) in [5.41, 5.74) is 0.751. The van der Waals surface area contributed by atoms with Gasteiger partial charge in [0.25, 0.3) is 5.91 Å². The van der Waals surface area contributed by atoms with E-state index in [1.807, 2.05) is 6.07 Å². The van der Waals surface area contributed by atoms with Gasteiger partial charge in [0.1, 0.15) is 12.1 Å². The van der Waals surface area contributed by atoms with Crippen molar-refractivity contribution in [2.24, 2.45) is 11.3 Å². The van der Waals surface area contributed by atoms with Gasteiger partial charge in [0.05, 0.1) is 0 Å². The van der Waals surface area contributed by atoms with Gasteiger partial charge in [-0.2, -0.15) is 0 Å². The Bertz CT molecular complexity index is 884. The van der Waals surface area contributed by atoms with Crippen LogP contribution in [-0.4, -0.2) is 77.4 Å². The summed E-state index contributed by atoms with van der Waals surface area (Å²) in [6.07, 6.45) is 5.28. The molecule has 0 unspecified atom stereocenters. The first-order valence-corrected chi connectivity index (χ1v) is 12.9. The van der Waals surface area contributed by atoms with E-state index in [9.17, 15) is 14.4 Å². The van der Waals surface area contributed by atoms with E-state index in [-0.39, 0.29) is 23.8 Å². The molecule has 0 aromatic heterocycles. The molecule has 3 aliphatic rings. The Morgan fingerprint density at radius 3 is 2.32 bits per heavy atom. The predicted molar refractivity (Wildman–Crippen MR) is 132 cm³/mol. The topological polar surface area (TPSA) is 73.0 Å². The molecule has 1 aromatic rings. The quantitative estimate of drug-likeness (QED) is 0.624. The Kier molecular flexibility index (Phi) is 7.31. The number of urea groups is 1. The van der Waals surface area contributed by atoms with E-state index in [1.54, 1.807) is 4.90 Å². The van der Waals surface area contributed by atoms with Crippen LogP contribution in [0.25, 0.3) is 0 Å². The van der Waals surface area contributed by atoms with Gasteiger partial charge < -0.3 is 10.2 Å². The van der Waals surface area contributed by atoms with Gasteiger partial charge in [0, 0.05) is 32.7 Å². The maximum absolute atomic E-state index is 13.3. The standard InChI is InChI=1S/C27H40N4O3/c1-4-26(2,3)22-10-13-27(14-11-22)24(33)31(25(34)28-27)20-23(32)30-18-16-29(17-19-30)15-12-21-8-6-5-7-9-21/h5-9,22H,4,10-20H2,1-3H3,(H,28,34). The fourth-order valence-electron chi connectivity index (χ4n) is 5.73. The third-order valence-electron chi connectivity index (χ3n) is 8.68. The molecule has 4 rings (SSSR count). The number of imide groups is 1. The third-order valence-corrected chi connectivity index (χ3v) is 8.68. The van der Waals surface area contributed by atoms with Gasteiger partial charge >= 0.3 is 6.03 Å².